The summed E-state index contributed by atoms with van der Waals surface area (Å²) < 4.78 is 0. The Labute approximate surface area is 91.8 Å². The van der Waals surface area contributed by atoms with Crippen molar-refractivity contribution in [2.75, 3.05) is 13.1 Å². The highest BCUT2D eigenvalue weighted by Gasteiger charge is 2.15. The molecule has 0 radical (unpaired) electrons. The molecule has 0 saturated heterocycles. The van der Waals surface area contributed by atoms with Crippen molar-refractivity contribution in [3.63, 3.8) is 0 Å². The molecule has 0 fully saturated rings. The van der Waals surface area contributed by atoms with E-state index >= 15 is 0 Å². The van der Waals surface area contributed by atoms with Crippen molar-refractivity contribution in [2.24, 2.45) is 5.73 Å². The summed E-state index contributed by atoms with van der Waals surface area (Å²) in [5.74, 6) is -0.377. The second-order valence-electron chi connectivity index (χ2n) is 2.74. The standard InChI is InChI=1S/C8H17N3O2.C2H6/c1-3-7(11-6(2)12)8(13)10-5-4-9;1-2/h7H,3-5,9H2,1-2H3,(H,10,13)(H,11,12);1-2H3. The summed E-state index contributed by atoms with van der Waals surface area (Å²) >= 11 is 0. The summed E-state index contributed by atoms with van der Waals surface area (Å²) in [5, 5.41) is 5.16. The summed E-state index contributed by atoms with van der Waals surface area (Å²) in [6.45, 7) is 8.07. The van der Waals surface area contributed by atoms with Gasteiger partial charge in [0.1, 0.15) is 6.04 Å². The van der Waals surface area contributed by atoms with E-state index in [1.807, 2.05) is 20.8 Å². The van der Waals surface area contributed by atoms with Gasteiger partial charge in [0.25, 0.3) is 0 Å². The Kier molecular flexibility index (Phi) is 12.0. The van der Waals surface area contributed by atoms with Crippen LogP contribution in [0.2, 0.25) is 0 Å². The van der Waals surface area contributed by atoms with Crippen LogP contribution in [-0.4, -0.2) is 30.9 Å². The SMILES string of the molecule is CC.CCC(NC(C)=O)C(=O)NCCN. The van der Waals surface area contributed by atoms with E-state index in [0.717, 1.165) is 0 Å². The highest BCUT2D eigenvalue weighted by molar-refractivity contribution is 5.86. The van der Waals surface area contributed by atoms with Gasteiger partial charge in [0.2, 0.25) is 11.8 Å². The predicted octanol–water partition coefficient (Wildman–Crippen LogP) is 0.00220. The molecule has 1 atom stereocenters. The lowest BCUT2D eigenvalue weighted by Gasteiger charge is -2.14. The van der Waals surface area contributed by atoms with E-state index in [2.05, 4.69) is 10.6 Å². The zero-order valence-corrected chi connectivity index (χ0v) is 10.1. The number of rotatable bonds is 5. The van der Waals surface area contributed by atoms with Crippen molar-refractivity contribution in [1.82, 2.24) is 10.6 Å². The minimum Gasteiger partial charge on any atom is -0.353 e. The molecular formula is C10H23N3O2. The molecule has 0 aliphatic rings. The molecule has 0 spiro atoms. The number of amides is 2. The first-order chi connectivity index (χ1) is 7.11. The first-order valence-corrected chi connectivity index (χ1v) is 5.36. The lowest BCUT2D eigenvalue weighted by Crippen LogP contribution is -2.46. The molecule has 4 N–H and O–H groups in total. The second-order valence-corrected chi connectivity index (χ2v) is 2.74. The molecule has 0 saturated carbocycles. The van der Waals surface area contributed by atoms with Crippen molar-refractivity contribution < 1.29 is 9.59 Å². The van der Waals surface area contributed by atoms with Gasteiger partial charge in [0, 0.05) is 20.0 Å². The van der Waals surface area contributed by atoms with E-state index in [-0.39, 0.29) is 11.8 Å². The predicted molar refractivity (Wildman–Crippen MR) is 61.3 cm³/mol. The number of hydrogen-bond acceptors (Lipinski definition) is 3. The van der Waals surface area contributed by atoms with Crippen LogP contribution in [0.15, 0.2) is 0 Å². The Morgan fingerprint density at radius 1 is 1.33 bits per heavy atom. The summed E-state index contributed by atoms with van der Waals surface area (Å²) in [7, 11) is 0. The van der Waals surface area contributed by atoms with Crippen LogP contribution in [-0.2, 0) is 9.59 Å². The average Bonchev–Trinajstić information content (AvgIpc) is 2.25. The van der Waals surface area contributed by atoms with Crippen LogP contribution in [0.4, 0.5) is 0 Å². The third-order valence-electron chi connectivity index (χ3n) is 1.55. The third kappa shape index (κ3) is 9.21. The van der Waals surface area contributed by atoms with E-state index in [4.69, 9.17) is 5.73 Å². The van der Waals surface area contributed by atoms with Crippen molar-refractivity contribution in [1.29, 1.82) is 0 Å². The molecule has 15 heavy (non-hydrogen) atoms. The number of nitrogens with two attached hydrogens (primary N) is 1. The Hall–Kier alpha value is -1.10. The third-order valence-corrected chi connectivity index (χ3v) is 1.55. The lowest BCUT2D eigenvalue weighted by atomic mass is 10.2. The molecule has 2 amide bonds. The number of hydrogen-bond donors (Lipinski definition) is 3. The molecule has 0 aromatic heterocycles. The fourth-order valence-electron chi connectivity index (χ4n) is 0.917. The number of nitrogens with one attached hydrogen (secondary N) is 2. The maximum atomic E-state index is 11.3. The molecule has 0 aromatic carbocycles. The fraction of sp³-hybridized carbons (Fsp3) is 0.800. The van der Waals surface area contributed by atoms with Crippen LogP contribution in [0.3, 0.4) is 0 Å². The molecule has 1 unspecified atom stereocenters. The summed E-state index contributed by atoms with van der Waals surface area (Å²) in [4.78, 5) is 22.0. The number of carbonyl (C=O) groups is 2. The molecule has 0 aromatic rings. The minimum absolute atomic E-state index is 0.178. The highest BCUT2D eigenvalue weighted by Crippen LogP contribution is 1.90. The summed E-state index contributed by atoms with van der Waals surface area (Å²) in [6, 6.07) is -0.441. The second kappa shape index (κ2) is 11.0. The van der Waals surface area contributed by atoms with Gasteiger partial charge in [-0.2, -0.15) is 0 Å². The highest BCUT2D eigenvalue weighted by atomic mass is 16.2. The van der Waals surface area contributed by atoms with Gasteiger partial charge in [-0.25, -0.2) is 0 Å². The Morgan fingerprint density at radius 2 is 1.87 bits per heavy atom. The van der Waals surface area contributed by atoms with Crippen LogP contribution in [0.1, 0.15) is 34.1 Å². The van der Waals surface area contributed by atoms with E-state index < -0.39 is 6.04 Å². The average molecular weight is 217 g/mol. The minimum atomic E-state index is -0.441. The Balaban J connectivity index is 0. The van der Waals surface area contributed by atoms with Crippen molar-refractivity contribution in [2.45, 2.75) is 40.2 Å². The van der Waals surface area contributed by atoms with Crippen molar-refractivity contribution >= 4 is 11.8 Å². The van der Waals surface area contributed by atoms with Gasteiger partial charge in [-0.15, -0.1) is 0 Å². The summed E-state index contributed by atoms with van der Waals surface area (Å²) in [6.07, 6.45) is 0.579. The van der Waals surface area contributed by atoms with Crippen LogP contribution in [0.25, 0.3) is 0 Å². The van der Waals surface area contributed by atoms with Gasteiger partial charge < -0.3 is 16.4 Å². The van der Waals surface area contributed by atoms with Crippen LogP contribution < -0.4 is 16.4 Å². The van der Waals surface area contributed by atoms with E-state index in [1.54, 1.807) is 0 Å². The molecule has 5 nitrogen and oxygen atoms in total. The topological polar surface area (TPSA) is 84.2 Å². The Bertz CT molecular complexity index is 184. The van der Waals surface area contributed by atoms with Gasteiger partial charge in [-0.05, 0) is 6.42 Å². The van der Waals surface area contributed by atoms with Gasteiger partial charge in [0.05, 0.1) is 0 Å². The maximum Gasteiger partial charge on any atom is 0.242 e. The lowest BCUT2D eigenvalue weighted by molar-refractivity contribution is -0.128. The smallest absolute Gasteiger partial charge is 0.242 e. The Morgan fingerprint density at radius 3 is 2.20 bits per heavy atom. The van der Waals surface area contributed by atoms with Gasteiger partial charge in [-0.3, -0.25) is 9.59 Å². The molecule has 0 aliphatic heterocycles. The monoisotopic (exact) mass is 217 g/mol. The van der Waals surface area contributed by atoms with Crippen LogP contribution >= 0.6 is 0 Å². The van der Waals surface area contributed by atoms with Gasteiger partial charge in [0.15, 0.2) is 0 Å². The van der Waals surface area contributed by atoms with Crippen LogP contribution in [0, 0.1) is 0 Å². The normalized spacial score (nSPS) is 10.7. The number of carbonyl (C=O) groups excluding carboxylic acids is 2. The quantitative estimate of drug-likeness (QED) is 0.606. The maximum absolute atomic E-state index is 11.3. The van der Waals surface area contributed by atoms with Gasteiger partial charge >= 0.3 is 0 Å². The molecule has 0 bridgehead atoms. The first kappa shape index (κ1) is 16.3. The van der Waals surface area contributed by atoms with Gasteiger partial charge in [-0.1, -0.05) is 20.8 Å². The fourth-order valence-corrected chi connectivity index (χ4v) is 0.917. The van der Waals surface area contributed by atoms with Crippen LogP contribution in [0.5, 0.6) is 0 Å². The zero-order valence-electron chi connectivity index (χ0n) is 10.1. The van der Waals surface area contributed by atoms with Crippen molar-refractivity contribution in [3.05, 3.63) is 0 Å². The first-order valence-electron chi connectivity index (χ1n) is 5.36. The van der Waals surface area contributed by atoms with E-state index in [1.165, 1.54) is 6.92 Å². The van der Waals surface area contributed by atoms with E-state index in [0.29, 0.717) is 19.5 Å². The molecular weight excluding hydrogens is 194 g/mol. The summed E-state index contributed by atoms with van der Waals surface area (Å²) in [5.41, 5.74) is 5.22. The molecule has 0 heterocycles. The van der Waals surface area contributed by atoms with E-state index in [9.17, 15) is 9.59 Å². The molecule has 0 rings (SSSR count). The molecule has 90 valence electrons. The molecule has 5 heteroatoms. The molecule has 0 aliphatic carbocycles. The largest absolute Gasteiger partial charge is 0.353 e. The zero-order chi connectivity index (χ0) is 12.3. The van der Waals surface area contributed by atoms with Crippen molar-refractivity contribution in [3.8, 4) is 0 Å².